The number of nitrogens with two attached hydrogens (primary N) is 4. The number of benzene rings is 1. The van der Waals surface area contributed by atoms with Gasteiger partial charge >= 0.3 is 5.97 Å². The van der Waals surface area contributed by atoms with Crippen LogP contribution in [0.3, 0.4) is 0 Å². The van der Waals surface area contributed by atoms with Crippen molar-refractivity contribution in [3.63, 3.8) is 0 Å². The molecule has 0 aliphatic carbocycles. The summed E-state index contributed by atoms with van der Waals surface area (Å²) in [5, 5.41) is 17.8. The molecule has 230 valence electrons. The number of hydrogen-bond acceptors (Lipinski definition) is 7. The van der Waals surface area contributed by atoms with Gasteiger partial charge < -0.3 is 49.0 Å². The van der Waals surface area contributed by atoms with Gasteiger partial charge in [-0.25, -0.2) is 4.79 Å². The molecule has 1 heterocycles. The summed E-state index contributed by atoms with van der Waals surface area (Å²) in [5.74, 6) is -4.54. The summed E-state index contributed by atoms with van der Waals surface area (Å²) >= 11 is 0. The molecule has 2 aromatic rings. The number of hydrogen-bond donors (Lipinski definition) is 9. The second kappa shape index (κ2) is 16.0. The van der Waals surface area contributed by atoms with E-state index in [9.17, 15) is 29.1 Å². The number of aromatic nitrogens is 1. The van der Waals surface area contributed by atoms with E-state index in [1.807, 2.05) is 38.1 Å². The van der Waals surface area contributed by atoms with Gasteiger partial charge in [-0.1, -0.05) is 32.0 Å². The maximum absolute atomic E-state index is 13.6. The second-order valence-electron chi connectivity index (χ2n) is 10.4. The molecule has 42 heavy (non-hydrogen) atoms. The fourth-order valence-electron chi connectivity index (χ4n) is 4.34. The van der Waals surface area contributed by atoms with Crippen LogP contribution in [0.15, 0.2) is 35.5 Å². The van der Waals surface area contributed by atoms with E-state index < -0.39 is 60.2 Å². The Labute approximate surface area is 243 Å². The molecule has 0 aliphatic heterocycles. The minimum Gasteiger partial charge on any atom is -0.480 e. The molecule has 1 aromatic carbocycles. The highest BCUT2D eigenvalue weighted by molar-refractivity contribution is 5.95. The monoisotopic (exact) mass is 587 g/mol. The fraction of sp³-hybridized carbons (Fsp3) is 0.481. The highest BCUT2D eigenvalue weighted by Crippen LogP contribution is 2.19. The number of carboxylic acids is 1. The summed E-state index contributed by atoms with van der Waals surface area (Å²) in [7, 11) is 0. The standard InChI is InChI=1S/C27H41N9O6/c1-14(2)10-17(28)23(38)35-20(11-15-13-33-18-7-4-3-6-16(15)18)25(40)34-19(8-5-9-32-27(30)31)24(39)36-21(26(41)42)12-22(29)37/h3-4,6-7,13-14,17,19-21,33H,5,8-12,28H2,1-2H3,(H2,29,37)(H,34,40)(H,35,38)(H,36,39)(H,41,42)(H4,30,31,32). The summed E-state index contributed by atoms with van der Waals surface area (Å²) in [5.41, 5.74) is 23.5. The van der Waals surface area contributed by atoms with Crippen LogP contribution in [0.2, 0.25) is 0 Å². The number of fused-ring (bicyclic) bond motifs is 1. The quantitative estimate of drug-likeness (QED) is 0.0594. The van der Waals surface area contributed by atoms with Gasteiger partial charge in [0.05, 0.1) is 12.5 Å². The molecule has 4 amide bonds. The number of H-pyrrole nitrogens is 1. The summed E-state index contributed by atoms with van der Waals surface area (Å²) in [6.45, 7) is 3.96. The number of nitrogens with one attached hydrogen (secondary N) is 4. The molecule has 0 saturated carbocycles. The molecule has 15 nitrogen and oxygen atoms in total. The van der Waals surface area contributed by atoms with Crippen molar-refractivity contribution in [3.8, 4) is 0 Å². The third-order valence-corrected chi connectivity index (χ3v) is 6.39. The molecule has 1 aromatic heterocycles. The lowest BCUT2D eigenvalue weighted by atomic mass is 10.0. The van der Waals surface area contributed by atoms with Crippen LogP contribution in [0.4, 0.5) is 0 Å². The molecule has 13 N–H and O–H groups in total. The van der Waals surface area contributed by atoms with Gasteiger partial charge in [0.1, 0.15) is 18.1 Å². The van der Waals surface area contributed by atoms with Gasteiger partial charge in [0, 0.05) is 30.1 Å². The van der Waals surface area contributed by atoms with Crippen LogP contribution in [-0.2, 0) is 30.4 Å². The van der Waals surface area contributed by atoms with Gasteiger partial charge in [-0.2, -0.15) is 0 Å². The van der Waals surface area contributed by atoms with Gasteiger partial charge in [0.2, 0.25) is 23.6 Å². The number of aliphatic carboxylic acids is 1. The van der Waals surface area contributed by atoms with Crippen LogP contribution in [0.1, 0.15) is 45.1 Å². The smallest absolute Gasteiger partial charge is 0.326 e. The number of carboxylic acid groups (broad SMARTS) is 1. The summed E-state index contributed by atoms with van der Waals surface area (Å²) < 4.78 is 0. The Morgan fingerprint density at radius 2 is 1.55 bits per heavy atom. The number of guanidine groups is 1. The Morgan fingerprint density at radius 3 is 2.17 bits per heavy atom. The molecule has 0 saturated heterocycles. The molecule has 15 heteroatoms. The number of carbonyl (C=O) groups excluding carboxylic acids is 4. The van der Waals surface area contributed by atoms with Gasteiger partial charge in [-0.3, -0.25) is 24.2 Å². The minimum absolute atomic E-state index is 0.0118. The molecule has 4 unspecified atom stereocenters. The zero-order valence-electron chi connectivity index (χ0n) is 23.8. The molecule has 0 bridgehead atoms. The molecule has 0 spiro atoms. The number of rotatable bonds is 17. The van der Waals surface area contributed by atoms with Crippen LogP contribution in [-0.4, -0.2) is 76.4 Å². The highest BCUT2D eigenvalue weighted by atomic mass is 16.4. The van der Waals surface area contributed by atoms with Crippen molar-refractivity contribution in [2.24, 2.45) is 33.8 Å². The Kier molecular flexibility index (Phi) is 12.7. The van der Waals surface area contributed by atoms with E-state index in [0.29, 0.717) is 6.42 Å². The first kappa shape index (κ1) is 33.5. The molecule has 4 atom stereocenters. The number of aliphatic imine (C=N–C) groups is 1. The van der Waals surface area contributed by atoms with Gasteiger partial charge in [-0.05, 0) is 36.8 Å². The average molecular weight is 588 g/mol. The predicted octanol–water partition coefficient (Wildman–Crippen LogP) is -1.45. The number of nitrogens with zero attached hydrogens (tertiary/aromatic N) is 1. The summed E-state index contributed by atoms with van der Waals surface area (Å²) in [6, 6.07) is 2.56. The van der Waals surface area contributed by atoms with E-state index >= 15 is 0 Å². The van der Waals surface area contributed by atoms with Crippen molar-refractivity contribution in [1.82, 2.24) is 20.9 Å². The third kappa shape index (κ3) is 10.7. The lowest BCUT2D eigenvalue weighted by molar-refractivity contribution is -0.143. The second-order valence-corrected chi connectivity index (χ2v) is 10.4. The Morgan fingerprint density at radius 1 is 0.929 bits per heavy atom. The molecular weight excluding hydrogens is 546 g/mol. The van der Waals surface area contributed by atoms with Crippen LogP contribution >= 0.6 is 0 Å². The normalized spacial score (nSPS) is 13.9. The summed E-state index contributed by atoms with van der Waals surface area (Å²) in [4.78, 5) is 69.6. The van der Waals surface area contributed by atoms with Crippen molar-refractivity contribution in [3.05, 3.63) is 36.0 Å². The first-order valence-corrected chi connectivity index (χ1v) is 13.6. The van der Waals surface area contributed by atoms with Crippen molar-refractivity contribution in [2.75, 3.05) is 6.54 Å². The number of para-hydroxylation sites is 1. The molecule has 0 aliphatic rings. The van der Waals surface area contributed by atoms with Gasteiger partial charge in [0.15, 0.2) is 5.96 Å². The van der Waals surface area contributed by atoms with E-state index in [1.54, 1.807) is 6.20 Å². The molecule has 2 rings (SSSR count). The van der Waals surface area contributed by atoms with Crippen molar-refractivity contribution < 1.29 is 29.1 Å². The number of carbonyl (C=O) groups is 5. The Balaban J connectivity index is 2.33. The van der Waals surface area contributed by atoms with E-state index in [2.05, 4.69) is 25.9 Å². The zero-order valence-corrected chi connectivity index (χ0v) is 23.8. The first-order chi connectivity index (χ1) is 19.8. The predicted molar refractivity (Wildman–Crippen MR) is 157 cm³/mol. The van der Waals surface area contributed by atoms with Crippen LogP contribution < -0.4 is 38.9 Å². The topological polar surface area (TPSA) is 274 Å². The first-order valence-electron chi connectivity index (χ1n) is 13.6. The number of amides is 4. The minimum atomic E-state index is -1.61. The fourth-order valence-corrected chi connectivity index (χ4v) is 4.34. The van der Waals surface area contributed by atoms with Crippen LogP contribution in [0, 0.1) is 5.92 Å². The van der Waals surface area contributed by atoms with E-state index in [0.717, 1.165) is 16.5 Å². The SMILES string of the molecule is CC(C)CC(N)C(=O)NC(Cc1c[nH]c2ccccc12)C(=O)NC(CCCN=C(N)N)C(=O)NC(CC(N)=O)C(=O)O. The van der Waals surface area contributed by atoms with Crippen molar-refractivity contribution in [2.45, 2.75) is 70.1 Å². The lowest BCUT2D eigenvalue weighted by Gasteiger charge is -2.25. The molecular formula is C27H41N9O6. The molecule has 0 radical (unpaired) electrons. The highest BCUT2D eigenvalue weighted by Gasteiger charge is 2.31. The van der Waals surface area contributed by atoms with Gasteiger partial charge in [0.25, 0.3) is 0 Å². The van der Waals surface area contributed by atoms with Crippen molar-refractivity contribution >= 4 is 46.5 Å². The Hall–Kier alpha value is -4.66. The molecule has 0 fully saturated rings. The van der Waals surface area contributed by atoms with E-state index in [-0.39, 0.29) is 37.7 Å². The largest absolute Gasteiger partial charge is 0.480 e. The maximum Gasteiger partial charge on any atom is 0.326 e. The lowest BCUT2D eigenvalue weighted by Crippen LogP contribution is -2.58. The van der Waals surface area contributed by atoms with Crippen molar-refractivity contribution in [1.29, 1.82) is 0 Å². The van der Waals surface area contributed by atoms with E-state index in [1.165, 1.54) is 0 Å². The van der Waals surface area contributed by atoms with Crippen LogP contribution in [0.25, 0.3) is 10.9 Å². The van der Waals surface area contributed by atoms with E-state index in [4.69, 9.17) is 22.9 Å². The summed E-state index contributed by atoms with van der Waals surface area (Å²) in [6.07, 6.45) is 1.78. The number of primary amides is 1. The number of aromatic amines is 1. The zero-order chi connectivity index (χ0) is 31.4. The third-order valence-electron chi connectivity index (χ3n) is 6.39. The Bertz CT molecular complexity index is 1290. The average Bonchev–Trinajstić information content (AvgIpc) is 3.31. The van der Waals surface area contributed by atoms with Gasteiger partial charge in [-0.15, -0.1) is 0 Å². The maximum atomic E-state index is 13.6. The van der Waals surface area contributed by atoms with Crippen LogP contribution in [0.5, 0.6) is 0 Å².